The van der Waals surface area contributed by atoms with Crippen molar-refractivity contribution in [2.45, 2.75) is 86.5 Å². The number of fused-ring (bicyclic) bond motifs is 1. The lowest BCUT2D eigenvalue weighted by Gasteiger charge is -2.39. The van der Waals surface area contributed by atoms with Gasteiger partial charge in [-0.2, -0.15) is 0 Å². The first-order valence-electron chi connectivity index (χ1n) is 10.6. The lowest BCUT2D eigenvalue weighted by molar-refractivity contribution is -0.302. The Hall–Kier alpha value is -1.02. The van der Waals surface area contributed by atoms with E-state index >= 15 is 4.39 Å². The van der Waals surface area contributed by atoms with Gasteiger partial charge in [0.15, 0.2) is 12.2 Å². The van der Waals surface area contributed by atoms with E-state index in [-0.39, 0.29) is 12.1 Å². The van der Waals surface area contributed by atoms with E-state index in [1.165, 1.54) is 0 Å². The number of alkyl halides is 1. The van der Waals surface area contributed by atoms with E-state index in [2.05, 4.69) is 10.6 Å². The molecule has 4 aliphatic rings. The molecule has 0 amide bonds. The Morgan fingerprint density at radius 2 is 1.62 bits per heavy atom. The van der Waals surface area contributed by atoms with E-state index in [1.54, 1.807) is 0 Å². The van der Waals surface area contributed by atoms with E-state index in [0.29, 0.717) is 0 Å². The van der Waals surface area contributed by atoms with Crippen molar-refractivity contribution in [3.63, 3.8) is 0 Å². The molecule has 14 heteroatoms. The van der Waals surface area contributed by atoms with Crippen molar-refractivity contribution in [3.8, 4) is 0 Å². The molecule has 1 aliphatic carbocycles. The fourth-order valence-corrected chi connectivity index (χ4v) is 5.84. The molecule has 4 fully saturated rings. The maximum atomic E-state index is 15.2. The molecule has 7 atom stereocenters. The number of carbonyl (C=O) groups excluding carboxylic acids is 2. The van der Waals surface area contributed by atoms with Crippen LogP contribution in [-0.2, 0) is 28.1 Å². The molecule has 182 valence electrons. The summed E-state index contributed by atoms with van der Waals surface area (Å²) in [5, 5.41) is 45.1. The average molecular weight is 482 g/mol. The Kier molecular flexibility index (Phi) is 7.30. The first-order valence-corrected chi connectivity index (χ1v) is 11.9. The Balaban J connectivity index is 1.31. The van der Waals surface area contributed by atoms with Gasteiger partial charge in [0.25, 0.3) is 0 Å². The number of hydrogen-bond donors (Lipinski definition) is 6. The van der Waals surface area contributed by atoms with Gasteiger partial charge in [-0.15, -0.1) is 0 Å². The average Bonchev–Trinajstić information content (AvgIpc) is 3.22. The molecule has 0 aromatic rings. The zero-order valence-corrected chi connectivity index (χ0v) is 18.0. The van der Waals surface area contributed by atoms with E-state index in [4.69, 9.17) is 18.5 Å². The highest BCUT2D eigenvalue weighted by molar-refractivity contribution is 7.49. The maximum absolute atomic E-state index is 15.2. The summed E-state index contributed by atoms with van der Waals surface area (Å²) >= 11 is 0. The zero-order chi connectivity index (χ0) is 23.0. The minimum atomic E-state index is -3.10. The Bertz CT molecular complexity index is 685. The maximum Gasteiger partial charge on any atom is 0.361 e. The molecule has 0 aromatic heterocycles. The minimum Gasteiger partial charge on any atom is -0.402 e. The third-order valence-electron chi connectivity index (χ3n) is 6.29. The molecule has 0 spiro atoms. The summed E-state index contributed by atoms with van der Waals surface area (Å²) in [6, 6.07) is 0.357. The zero-order valence-electron chi connectivity index (χ0n) is 17.1. The summed E-state index contributed by atoms with van der Waals surface area (Å²) in [6.07, 6.45) is -4.41. The predicted molar refractivity (Wildman–Crippen MR) is 103 cm³/mol. The Morgan fingerprint density at radius 3 is 2.19 bits per heavy atom. The number of hydrogen-bond acceptors (Lipinski definition) is 12. The van der Waals surface area contributed by atoms with E-state index in [9.17, 15) is 30.0 Å². The highest BCUT2D eigenvalue weighted by Crippen LogP contribution is 2.50. The van der Waals surface area contributed by atoms with E-state index < -0.39 is 82.2 Å². The van der Waals surface area contributed by atoms with Gasteiger partial charge in [0.2, 0.25) is 0 Å². The largest absolute Gasteiger partial charge is 0.402 e. The highest BCUT2D eigenvalue weighted by atomic mass is 31.2. The van der Waals surface area contributed by atoms with Gasteiger partial charge < -0.3 is 38.9 Å². The molecule has 1 saturated carbocycles. The normalized spacial score (nSPS) is 45.3. The van der Waals surface area contributed by atoms with Crippen molar-refractivity contribution in [1.82, 2.24) is 10.6 Å². The number of aliphatic hydroxyl groups excluding tert-OH is 4. The van der Waals surface area contributed by atoms with Crippen molar-refractivity contribution < 1.29 is 52.9 Å². The van der Waals surface area contributed by atoms with Crippen molar-refractivity contribution in [1.29, 1.82) is 0 Å². The third-order valence-corrected chi connectivity index (χ3v) is 7.70. The molecule has 0 bridgehead atoms. The van der Waals surface area contributed by atoms with Crippen LogP contribution in [0.5, 0.6) is 0 Å². The van der Waals surface area contributed by atoms with E-state index in [1.807, 2.05) is 0 Å². The van der Waals surface area contributed by atoms with Crippen molar-refractivity contribution >= 4 is 20.3 Å². The lowest BCUT2D eigenvalue weighted by Crippen LogP contribution is -2.59. The molecular formula is C18H28FN2O10P. The highest BCUT2D eigenvalue weighted by Gasteiger charge is 2.58. The Labute approximate surface area is 184 Å². The molecule has 1 unspecified atom stereocenters. The Morgan fingerprint density at radius 1 is 1.03 bits per heavy atom. The van der Waals surface area contributed by atoms with Gasteiger partial charge in [-0.3, -0.25) is 10.6 Å². The molecule has 32 heavy (non-hydrogen) atoms. The van der Waals surface area contributed by atoms with Gasteiger partial charge in [0.1, 0.15) is 24.4 Å². The van der Waals surface area contributed by atoms with Gasteiger partial charge in [0.05, 0.1) is 13.2 Å². The third kappa shape index (κ3) is 4.50. The topological polar surface area (TPSA) is 176 Å². The standard InChI is InChI=1S/C18H28FN2O10P/c19-18(5-6-28-14-13(25)12(24)11(23)10(7-22)29-14)15(26)30-32(31-16(18)27)17-20-8-3-1-2-4-9(8)21-17/h8-14,17,20-25H,1-7H2/t8-,9-,10-,11-,12+,13+,14?,18?,32?/m1/s1. The monoisotopic (exact) mass is 482 g/mol. The van der Waals surface area contributed by atoms with Crippen LogP contribution in [0, 0.1) is 0 Å². The van der Waals surface area contributed by atoms with Crippen LogP contribution in [0.15, 0.2) is 0 Å². The minimum absolute atomic E-state index is 0.178. The molecule has 3 heterocycles. The molecule has 3 aliphatic heterocycles. The fourth-order valence-electron chi connectivity index (χ4n) is 4.35. The number of ether oxygens (including phenoxy) is 2. The second kappa shape index (κ2) is 9.69. The summed E-state index contributed by atoms with van der Waals surface area (Å²) in [5.74, 6) is -3.33. The van der Waals surface area contributed by atoms with Crippen LogP contribution in [0.1, 0.15) is 32.1 Å². The molecule has 0 aromatic carbocycles. The van der Waals surface area contributed by atoms with Gasteiger partial charge in [-0.05, 0) is 12.8 Å². The van der Waals surface area contributed by atoms with Gasteiger partial charge in [-0.1, -0.05) is 12.8 Å². The van der Waals surface area contributed by atoms with Gasteiger partial charge in [0, 0.05) is 18.5 Å². The van der Waals surface area contributed by atoms with Crippen LogP contribution >= 0.6 is 8.38 Å². The molecule has 3 saturated heterocycles. The first-order chi connectivity index (χ1) is 15.2. The van der Waals surface area contributed by atoms with Crippen LogP contribution in [0.4, 0.5) is 4.39 Å². The van der Waals surface area contributed by atoms with Crippen molar-refractivity contribution in [2.24, 2.45) is 0 Å². The molecule has 4 rings (SSSR count). The number of rotatable bonds is 6. The summed E-state index contributed by atoms with van der Waals surface area (Å²) < 4.78 is 35.7. The predicted octanol–water partition coefficient (Wildman–Crippen LogP) is -1.90. The second-order valence-electron chi connectivity index (χ2n) is 8.40. The number of halogens is 1. The quantitative estimate of drug-likeness (QED) is 0.183. The van der Waals surface area contributed by atoms with Crippen LogP contribution in [0.2, 0.25) is 0 Å². The summed E-state index contributed by atoms with van der Waals surface area (Å²) in [5.41, 5.74) is -3.10. The van der Waals surface area contributed by atoms with Crippen LogP contribution in [0.25, 0.3) is 0 Å². The number of carbonyl (C=O) groups is 2. The number of nitrogens with one attached hydrogen (secondary N) is 2. The van der Waals surface area contributed by atoms with Crippen LogP contribution in [-0.4, -0.2) is 99.9 Å². The first kappa shape index (κ1) is 24.1. The van der Waals surface area contributed by atoms with Gasteiger partial charge >= 0.3 is 26.0 Å². The SMILES string of the molecule is O=C1OP(C2N[C@@H]3CCCC[C@H]3N2)OC(=O)C1(F)CCOC1O[C@H](CO)[C@@H](O)[C@H](O)[C@@H]1O. The fraction of sp³-hybridized carbons (Fsp3) is 0.889. The van der Waals surface area contributed by atoms with Gasteiger partial charge in [-0.25, -0.2) is 14.0 Å². The number of aliphatic hydroxyl groups is 4. The summed E-state index contributed by atoms with van der Waals surface area (Å²) in [4.78, 5) is 24.7. The van der Waals surface area contributed by atoms with Crippen molar-refractivity contribution in [3.05, 3.63) is 0 Å². The lowest BCUT2D eigenvalue weighted by atomic mass is 9.92. The second-order valence-corrected chi connectivity index (χ2v) is 9.85. The summed E-state index contributed by atoms with van der Waals surface area (Å²) in [7, 11) is -2.06. The smallest absolute Gasteiger partial charge is 0.361 e. The molecule has 6 N–H and O–H groups in total. The summed E-state index contributed by atoms with van der Waals surface area (Å²) in [6.45, 7) is -1.24. The van der Waals surface area contributed by atoms with Crippen molar-refractivity contribution in [2.75, 3.05) is 13.2 Å². The molecule has 0 radical (unpaired) electrons. The molecule has 12 nitrogen and oxygen atoms in total. The molecular weight excluding hydrogens is 454 g/mol. The van der Waals surface area contributed by atoms with Crippen LogP contribution < -0.4 is 10.6 Å². The van der Waals surface area contributed by atoms with E-state index in [0.717, 1.165) is 25.7 Å². The van der Waals surface area contributed by atoms with Crippen LogP contribution in [0.3, 0.4) is 0 Å².